The van der Waals surface area contributed by atoms with Crippen molar-refractivity contribution in [1.29, 1.82) is 0 Å². The normalized spacial score (nSPS) is 12.1. The minimum atomic E-state index is -0.248. The second kappa shape index (κ2) is 5.27. The van der Waals surface area contributed by atoms with E-state index in [4.69, 9.17) is 31.5 Å². The Bertz CT molecular complexity index is 380. The van der Waals surface area contributed by atoms with Crippen LogP contribution in [0.15, 0.2) is 6.07 Å². The number of rotatable bonds is 4. The van der Waals surface area contributed by atoms with Crippen LogP contribution < -0.4 is 19.9 Å². The summed E-state index contributed by atoms with van der Waals surface area (Å²) in [6.07, 6.45) is 0. The fraction of sp³-hybridized carbons (Fsp3) is 0.455. The third kappa shape index (κ3) is 2.18. The lowest BCUT2D eigenvalue weighted by molar-refractivity contribution is 0.321. The maximum atomic E-state index is 6.12. The van der Waals surface area contributed by atoms with Crippen molar-refractivity contribution in [3.05, 3.63) is 16.7 Å². The Morgan fingerprint density at radius 1 is 1.12 bits per heavy atom. The monoisotopic (exact) mass is 245 g/mol. The van der Waals surface area contributed by atoms with Gasteiger partial charge < -0.3 is 19.9 Å². The summed E-state index contributed by atoms with van der Waals surface area (Å²) >= 11 is 6.12. The highest BCUT2D eigenvalue weighted by Crippen LogP contribution is 2.45. The summed E-state index contributed by atoms with van der Waals surface area (Å²) < 4.78 is 15.7. The summed E-state index contributed by atoms with van der Waals surface area (Å²) in [6, 6.07) is 1.42. The van der Waals surface area contributed by atoms with Gasteiger partial charge in [-0.2, -0.15) is 0 Å². The van der Waals surface area contributed by atoms with Crippen molar-refractivity contribution < 1.29 is 14.2 Å². The topological polar surface area (TPSA) is 53.7 Å². The van der Waals surface area contributed by atoms with Gasteiger partial charge >= 0.3 is 0 Å². The molecule has 1 aromatic carbocycles. The van der Waals surface area contributed by atoms with Crippen LogP contribution in [0.25, 0.3) is 0 Å². The van der Waals surface area contributed by atoms with Gasteiger partial charge in [0.2, 0.25) is 5.75 Å². The Morgan fingerprint density at radius 3 is 2.06 bits per heavy atom. The number of halogens is 1. The van der Waals surface area contributed by atoms with E-state index in [1.54, 1.807) is 27.4 Å². The first-order chi connectivity index (χ1) is 7.56. The molecular formula is C11H16ClNO3. The van der Waals surface area contributed by atoms with E-state index in [-0.39, 0.29) is 6.04 Å². The van der Waals surface area contributed by atoms with Gasteiger partial charge in [-0.25, -0.2) is 0 Å². The molecule has 0 bridgehead atoms. The van der Waals surface area contributed by atoms with Crippen LogP contribution in [0.2, 0.25) is 5.02 Å². The number of nitrogens with two attached hydrogens (primary N) is 1. The molecule has 4 nitrogen and oxygen atoms in total. The minimum Gasteiger partial charge on any atom is -0.493 e. The summed E-state index contributed by atoms with van der Waals surface area (Å²) in [5.41, 5.74) is 6.56. The van der Waals surface area contributed by atoms with E-state index < -0.39 is 0 Å². The van der Waals surface area contributed by atoms with Crippen LogP contribution in [0, 0.1) is 0 Å². The molecule has 0 saturated carbocycles. The van der Waals surface area contributed by atoms with E-state index in [0.29, 0.717) is 27.8 Å². The van der Waals surface area contributed by atoms with E-state index in [9.17, 15) is 0 Å². The molecular weight excluding hydrogens is 230 g/mol. The third-order valence-electron chi connectivity index (χ3n) is 2.27. The molecule has 0 radical (unpaired) electrons. The first kappa shape index (κ1) is 12.9. The summed E-state index contributed by atoms with van der Waals surface area (Å²) in [5.74, 6) is 1.54. The lowest BCUT2D eigenvalue weighted by Gasteiger charge is -2.19. The van der Waals surface area contributed by atoms with Crippen molar-refractivity contribution in [2.45, 2.75) is 13.0 Å². The van der Waals surface area contributed by atoms with E-state index >= 15 is 0 Å². The average Bonchev–Trinajstić information content (AvgIpc) is 2.26. The smallest absolute Gasteiger partial charge is 0.203 e. The lowest BCUT2D eigenvalue weighted by atomic mass is 10.1. The van der Waals surface area contributed by atoms with Crippen molar-refractivity contribution in [3.63, 3.8) is 0 Å². The highest BCUT2D eigenvalue weighted by Gasteiger charge is 2.21. The van der Waals surface area contributed by atoms with E-state index in [2.05, 4.69) is 0 Å². The van der Waals surface area contributed by atoms with Crippen molar-refractivity contribution in [1.82, 2.24) is 0 Å². The van der Waals surface area contributed by atoms with Gasteiger partial charge in [-0.15, -0.1) is 0 Å². The molecule has 0 fully saturated rings. The summed E-state index contributed by atoms with van der Waals surface area (Å²) in [6.45, 7) is 1.83. The maximum Gasteiger partial charge on any atom is 0.203 e. The molecule has 1 unspecified atom stereocenters. The van der Waals surface area contributed by atoms with Crippen LogP contribution >= 0.6 is 11.6 Å². The van der Waals surface area contributed by atoms with Gasteiger partial charge in [0, 0.05) is 17.7 Å². The fourth-order valence-corrected chi connectivity index (χ4v) is 1.93. The Balaban J connectivity index is 3.51. The van der Waals surface area contributed by atoms with E-state index in [0.717, 1.165) is 0 Å². The van der Waals surface area contributed by atoms with E-state index in [1.165, 1.54) is 0 Å². The highest BCUT2D eigenvalue weighted by atomic mass is 35.5. The number of hydrogen-bond donors (Lipinski definition) is 1. The van der Waals surface area contributed by atoms with E-state index in [1.807, 2.05) is 6.92 Å². The molecule has 1 atom stereocenters. The van der Waals surface area contributed by atoms with Gasteiger partial charge in [0.05, 0.1) is 26.4 Å². The number of hydrogen-bond acceptors (Lipinski definition) is 4. The van der Waals surface area contributed by atoms with Gasteiger partial charge in [0.25, 0.3) is 0 Å². The molecule has 5 heteroatoms. The van der Waals surface area contributed by atoms with Crippen LogP contribution in [0.3, 0.4) is 0 Å². The van der Waals surface area contributed by atoms with Gasteiger partial charge in [0.15, 0.2) is 11.5 Å². The quantitative estimate of drug-likeness (QED) is 0.885. The number of ether oxygens (including phenoxy) is 3. The Morgan fingerprint density at radius 2 is 1.69 bits per heavy atom. The van der Waals surface area contributed by atoms with Crippen molar-refractivity contribution in [2.24, 2.45) is 5.73 Å². The molecule has 0 aliphatic rings. The second-order valence-electron chi connectivity index (χ2n) is 3.33. The fourth-order valence-electron chi connectivity index (χ4n) is 1.57. The standard InChI is InChI=1S/C11H16ClNO3/c1-6(13)9-7(12)5-8(14-2)10(15-3)11(9)16-4/h5-6H,13H2,1-4H3. The maximum absolute atomic E-state index is 6.12. The zero-order valence-corrected chi connectivity index (χ0v) is 10.6. The van der Waals surface area contributed by atoms with Crippen LogP contribution in [-0.2, 0) is 0 Å². The molecule has 0 heterocycles. The molecule has 0 aromatic heterocycles. The van der Waals surface area contributed by atoms with Gasteiger partial charge in [0.1, 0.15) is 0 Å². The lowest BCUT2D eigenvalue weighted by Crippen LogP contribution is -2.09. The number of methoxy groups -OCH3 is 3. The predicted molar refractivity (Wildman–Crippen MR) is 63.7 cm³/mol. The van der Waals surface area contributed by atoms with Crippen LogP contribution in [0.4, 0.5) is 0 Å². The van der Waals surface area contributed by atoms with Crippen LogP contribution in [0.5, 0.6) is 17.2 Å². The Kier molecular flexibility index (Phi) is 4.26. The van der Waals surface area contributed by atoms with Gasteiger partial charge in [-0.05, 0) is 6.92 Å². The minimum absolute atomic E-state index is 0.248. The molecule has 0 spiro atoms. The van der Waals surface area contributed by atoms with Crippen molar-refractivity contribution in [3.8, 4) is 17.2 Å². The summed E-state index contributed by atoms with van der Waals surface area (Å²) in [4.78, 5) is 0. The largest absolute Gasteiger partial charge is 0.493 e. The zero-order valence-electron chi connectivity index (χ0n) is 9.83. The SMILES string of the molecule is COc1cc(Cl)c(C(C)N)c(OC)c1OC. The molecule has 0 aliphatic carbocycles. The molecule has 1 aromatic rings. The second-order valence-corrected chi connectivity index (χ2v) is 3.74. The Hall–Kier alpha value is -1.13. The van der Waals surface area contributed by atoms with Crippen molar-refractivity contribution >= 4 is 11.6 Å². The third-order valence-corrected chi connectivity index (χ3v) is 2.59. The molecule has 0 amide bonds. The zero-order chi connectivity index (χ0) is 12.3. The average molecular weight is 246 g/mol. The predicted octanol–water partition coefficient (Wildman–Crippen LogP) is 2.39. The summed E-state index contributed by atoms with van der Waals surface area (Å²) in [5, 5.41) is 0.504. The summed E-state index contributed by atoms with van der Waals surface area (Å²) in [7, 11) is 4.62. The van der Waals surface area contributed by atoms with Gasteiger partial charge in [-0.1, -0.05) is 11.6 Å². The first-order valence-corrected chi connectivity index (χ1v) is 5.18. The molecule has 0 aliphatic heterocycles. The van der Waals surface area contributed by atoms with Crippen LogP contribution in [-0.4, -0.2) is 21.3 Å². The molecule has 16 heavy (non-hydrogen) atoms. The molecule has 1 rings (SSSR count). The molecule has 90 valence electrons. The molecule has 0 saturated heterocycles. The Labute approximate surface area is 100 Å². The highest BCUT2D eigenvalue weighted by molar-refractivity contribution is 6.32. The first-order valence-electron chi connectivity index (χ1n) is 4.80. The number of benzene rings is 1. The van der Waals surface area contributed by atoms with Gasteiger partial charge in [-0.3, -0.25) is 0 Å². The molecule has 2 N–H and O–H groups in total. The van der Waals surface area contributed by atoms with Crippen molar-refractivity contribution in [2.75, 3.05) is 21.3 Å². The van der Waals surface area contributed by atoms with Crippen LogP contribution in [0.1, 0.15) is 18.5 Å².